The lowest BCUT2D eigenvalue weighted by Crippen LogP contribution is -2.40. The molecule has 0 radical (unpaired) electrons. The maximum absolute atomic E-state index is 14.1. The fraction of sp³-hybridized carbons (Fsp3) is 0.192. The molecule has 35 heavy (non-hydrogen) atoms. The molecular formula is C26H26N4O4S. The third-order valence-electron chi connectivity index (χ3n) is 6.13. The summed E-state index contributed by atoms with van der Waals surface area (Å²) in [6.45, 7) is 6.98. The Balaban J connectivity index is 2.04. The van der Waals surface area contributed by atoms with Gasteiger partial charge in [0.25, 0.3) is 21.5 Å². The second-order valence-corrected chi connectivity index (χ2v) is 10.2. The average Bonchev–Trinajstić information content (AvgIpc) is 3.05. The molecule has 0 N–H and O–H groups in total. The molecule has 0 aliphatic carbocycles. The maximum atomic E-state index is 14.1. The number of nitrogens with zero attached hydrogens (tertiary/aromatic N) is 4. The van der Waals surface area contributed by atoms with Crippen LogP contribution in [-0.2, 0) is 17.1 Å². The number of aryl methyl sites for hydroxylation is 3. The van der Waals surface area contributed by atoms with Crippen molar-refractivity contribution in [3.8, 4) is 5.69 Å². The van der Waals surface area contributed by atoms with E-state index in [9.17, 15) is 18.0 Å². The number of amides is 1. The topological polar surface area (TPSA) is 94.3 Å². The Kier molecular flexibility index (Phi) is 6.21. The number of anilines is 1. The average molecular weight is 491 g/mol. The Morgan fingerprint density at radius 3 is 2.20 bits per heavy atom. The van der Waals surface area contributed by atoms with Crippen molar-refractivity contribution in [1.82, 2.24) is 14.3 Å². The fourth-order valence-corrected chi connectivity index (χ4v) is 5.80. The molecular weight excluding hydrogens is 464 g/mol. The van der Waals surface area contributed by atoms with E-state index in [-0.39, 0.29) is 16.1 Å². The molecule has 9 heteroatoms. The van der Waals surface area contributed by atoms with Gasteiger partial charge in [0.2, 0.25) is 0 Å². The SMILES string of the molecule is Cc1cc(C)c(S(=O)(=O)N(C(=O)c2cccnc2)c2c(C)n(C)n(-c3ccccc3)c2=O)cc1C. The quantitative estimate of drug-likeness (QED) is 0.424. The molecule has 0 atom stereocenters. The van der Waals surface area contributed by atoms with Gasteiger partial charge in [-0.25, -0.2) is 13.1 Å². The van der Waals surface area contributed by atoms with Crippen LogP contribution in [0.5, 0.6) is 0 Å². The van der Waals surface area contributed by atoms with Crippen molar-refractivity contribution in [3.63, 3.8) is 0 Å². The lowest BCUT2D eigenvalue weighted by atomic mass is 10.1. The predicted molar refractivity (Wildman–Crippen MR) is 135 cm³/mol. The molecule has 0 fully saturated rings. The molecule has 180 valence electrons. The zero-order chi connectivity index (χ0) is 25.5. The monoisotopic (exact) mass is 490 g/mol. The van der Waals surface area contributed by atoms with Gasteiger partial charge in [-0.2, -0.15) is 4.31 Å². The van der Waals surface area contributed by atoms with Crippen LogP contribution in [0, 0.1) is 27.7 Å². The summed E-state index contributed by atoms with van der Waals surface area (Å²) in [4.78, 5) is 31.4. The van der Waals surface area contributed by atoms with Crippen LogP contribution in [0.2, 0.25) is 0 Å². The second-order valence-electron chi connectivity index (χ2n) is 8.43. The van der Waals surface area contributed by atoms with E-state index in [1.807, 2.05) is 13.0 Å². The van der Waals surface area contributed by atoms with Gasteiger partial charge in [0.05, 0.1) is 21.8 Å². The van der Waals surface area contributed by atoms with Crippen molar-refractivity contribution >= 4 is 21.6 Å². The first-order valence-corrected chi connectivity index (χ1v) is 12.4. The van der Waals surface area contributed by atoms with Gasteiger partial charge in [-0.1, -0.05) is 24.3 Å². The van der Waals surface area contributed by atoms with Gasteiger partial charge in [0.15, 0.2) is 0 Å². The van der Waals surface area contributed by atoms with E-state index in [0.29, 0.717) is 21.2 Å². The first-order valence-electron chi connectivity index (χ1n) is 11.0. The van der Waals surface area contributed by atoms with Crippen LogP contribution in [0.15, 0.2) is 76.7 Å². The molecule has 0 aliphatic rings. The van der Waals surface area contributed by atoms with Crippen LogP contribution < -0.4 is 9.86 Å². The number of para-hydroxylation sites is 1. The lowest BCUT2D eigenvalue weighted by Gasteiger charge is -2.23. The Morgan fingerprint density at radius 1 is 0.914 bits per heavy atom. The zero-order valence-electron chi connectivity index (χ0n) is 20.2. The molecule has 0 saturated carbocycles. The van der Waals surface area contributed by atoms with Gasteiger partial charge in [-0.05, 0) is 74.7 Å². The minimum atomic E-state index is -4.47. The molecule has 0 aliphatic heterocycles. The van der Waals surface area contributed by atoms with Crippen LogP contribution in [0.4, 0.5) is 5.69 Å². The smallest absolute Gasteiger partial charge is 0.283 e. The van der Waals surface area contributed by atoms with Crippen molar-refractivity contribution in [2.75, 3.05) is 4.31 Å². The first-order chi connectivity index (χ1) is 16.6. The Hall–Kier alpha value is -3.98. The molecule has 2 aromatic carbocycles. The molecule has 2 aromatic heterocycles. The lowest BCUT2D eigenvalue weighted by molar-refractivity contribution is 0.100. The number of carbonyl (C=O) groups is 1. The number of rotatable bonds is 5. The van der Waals surface area contributed by atoms with Gasteiger partial charge in [0, 0.05) is 19.4 Å². The molecule has 0 saturated heterocycles. The zero-order valence-corrected chi connectivity index (χ0v) is 21.0. The van der Waals surface area contributed by atoms with E-state index in [2.05, 4.69) is 4.98 Å². The van der Waals surface area contributed by atoms with E-state index < -0.39 is 21.5 Å². The number of aromatic nitrogens is 3. The summed E-state index contributed by atoms with van der Waals surface area (Å²) in [5, 5.41) is 0. The molecule has 4 rings (SSSR count). The summed E-state index contributed by atoms with van der Waals surface area (Å²) in [5.41, 5.74) is 2.22. The van der Waals surface area contributed by atoms with Gasteiger partial charge < -0.3 is 0 Å². The van der Waals surface area contributed by atoms with Crippen molar-refractivity contribution in [2.45, 2.75) is 32.6 Å². The number of hydrogen-bond donors (Lipinski definition) is 0. The van der Waals surface area contributed by atoms with Gasteiger partial charge in [-0.3, -0.25) is 19.3 Å². The molecule has 0 bridgehead atoms. The Bertz CT molecular complexity index is 1590. The van der Waals surface area contributed by atoms with Crippen LogP contribution in [0.3, 0.4) is 0 Å². The van der Waals surface area contributed by atoms with Crippen molar-refractivity contribution in [3.05, 3.63) is 105 Å². The minimum Gasteiger partial charge on any atom is -0.283 e. The van der Waals surface area contributed by atoms with Crippen molar-refractivity contribution in [1.29, 1.82) is 0 Å². The van der Waals surface area contributed by atoms with Crippen LogP contribution >= 0.6 is 0 Å². The van der Waals surface area contributed by atoms with E-state index in [1.165, 1.54) is 29.2 Å². The van der Waals surface area contributed by atoms with Crippen molar-refractivity contribution < 1.29 is 13.2 Å². The summed E-state index contributed by atoms with van der Waals surface area (Å²) >= 11 is 0. The molecule has 8 nitrogen and oxygen atoms in total. The maximum Gasteiger partial charge on any atom is 0.296 e. The summed E-state index contributed by atoms with van der Waals surface area (Å²) in [5.74, 6) is -0.860. The van der Waals surface area contributed by atoms with E-state index in [4.69, 9.17) is 0 Å². The number of sulfonamides is 1. The largest absolute Gasteiger partial charge is 0.296 e. The summed E-state index contributed by atoms with van der Waals surface area (Å²) in [6, 6.07) is 15.1. The minimum absolute atomic E-state index is 0.0354. The summed E-state index contributed by atoms with van der Waals surface area (Å²) < 4.78 is 31.7. The Labute approximate surface area is 204 Å². The molecule has 4 aromatic rings. The van der Waals surface area contributed by atoms with Crippen LogP contribution in [0.25, 0.3) is 5.69 Å². The van der Waals surface area contributed by atoms with Gasteiger partial charge >= 0.3 is 0 Å². The highest BCUT2D eigenvalue weighted by Gasteiger charge is 2.38. The fourth-order valence-electron chi connectivity index (χ4n) is 4.04. The third kappa shape index (κ3) is 4.08. The molecule has 2 heterocycles. The normalized spacial score (nSPS) is 11.5. The second kappa shape index (κ2) is 8.99. The highest BCUT2D eigenvalue weighted by Crippen LogP contribution is 2.30. The predicted octanol–water partition coefficient (Wildman–Crippen LogP) is 3.84. The standard InChI is InChI=1S/C26H26N4O4S/c1-17-14-19(3)23(15-18(17)2)35(33,34)30(25(31)21-10-9-13-27-16-21)24-20(4)28(5)29(26(24)32)22-11-7-6-8-12-22/h6-16H,1-5H3. The third-order valence-corrected chi connectivity index (χ3v) is 7.95. The van der Waals surface area contributed by atoms with Crippen LogP contribution in [-0.4, -0.2) is 28.7 Å². The first kappa shape index (κ1) is 24.2. The molecule has 1 amide bonds. The van der Waals surface area contributed by atoms with Crippen LogP contribution in [0.1, 0.15) is 32.7 Å². The highest BCUT2D eigenvalue weighted by atomic mass is 32.2. The highest BCUT2D eigenvalue weighted by molar-refractivity contribution is 7.93. The van der Waals surface area contributed by atoms with E-state index in [1.54, 1.807) is 68.9 Å². The molecule has 0 spiro atoms. The summed E-state index contributed by atoms with van der Waals surface area (Å²) in [6.07, 6.45) is 2.77. The number of carbonyl (C=O) groups excluding carboxylic acids is 1. The van der Waals surface area contributed by atoms with E-state index >= 15 is 0 Å². The number of hydrogen-bond acceptors (Lipinski definition) is 5. The Morgan fingerprint density at radius 2 is 1.57 bits per heavy atom. The van der Waals surface area contributed by atoms with Gasteiger partial charge in [-0.15, -0.1) is 0 Å². The number of benzene rings is 2. The van der Waals surface area contributed by atoms with Crippen molar-refractivity contribution in [2.24, 2.45) is 7.05 Å². The van der Waals surface area contributed by atoms with Gasteiger partial charge in [0.1, 0.15) is 5.69 Å². The number of pyridine rings is 1. The molecule has 0 unspecified atom stereocenters. The van der Waals surface area contributed by atoms with E-state index in [0.717, 1.165) is 11.1 Å². The summed E-state index contributed by atoms with van der Waals surface area (Å²) in [7, 11) is -2.83.